The van der Waals surface area contributed by atoms with Crippen molar-refractivity contribution in [3.63, 3.8) is 0 Å². The fourth-order valence-electron chi connectivity index (χ4n) is 4.06. The molecule has 140 valence electrons. The molecule has 0 spiro atoms. The Morgan fingerprint density at radius 2 is 1.52 bits per heavy atom. The molecule has 0 atom stereocenters. The van der Waals surface area contributed by atoms with Crippen LogP contribution in [0.3, 0.4) is 0 Å². The molecule has 0 bridgehead atoms. The Labute approximate surface area is 167 Å². The minimum absolute atomic E-state index is 0.397. The molecule has 2 aromatic heterocycles. The van der Waals surface area contributed by atoms with Crippen LogP contribution >= 0.6 is 0 Å². The van der Waals surface area contributed by atoms with E-state index >= 15 is 0 Å². The number of rotatable bonds is 1. The van der Waals surface area contributed by atoms with Crippen LogP contribution in [-0.4, -0.2) is 0 Å². The van der Waals surface area contributed by atoms with E-state index in [9.17, 15) is 0 Å². The highest BCUT2D eigenvalue weighted by molar-refractivity contribution is 5.99. The van der Waals surface area contributed by atoms with E-state index in [1.165, 1.54) is 10.8 Å². The van der Waals surface area contributed by atoms with Gasteiger partial charge in [-0.05, 0) is 42.1 Å². The van der Waals surface area contributed by atoms with E-state index in [-0.39, 0.29) is 0 Å². The van der Waals surface area contributed by atoms with Crippen LogP contribution in [0, 0.1) is 6.92 Å². The summed E-state index contributed by atoms with van der Waals surface area (Å²) in [6, 6.07) is 22.3. The third-order valence-electron chi connectivity index (χ3n) is 5.51. The van der Waals surface area contributed by atoms with Crippen LogP contribution in [0.2, 0.25) is 0 Å². The maximum atomic E-state index is 6.22. The molecule has 0 saturated heterocycles. The van der Waals surface area contributed by atoms with Gasteiger partial charge >= 0.3 is 5.95 Å². The summed E-state index contributed by atoms with van der Waals surface area (Å²) >= 11 is 0. The number of pyridine rings is 1. The van der Waals surface area contributed by atoms with Gasteiger partial charge < -0.3 is 13.9 Å². The Morgan fingerprint density at radius 3 is 2.34 bits per heavy atom. The van der Waals surface area contributed by atoms with Crippen LogP contribution in [-0.2, 0) is 7.05 Å². The molecule has 0 amide bonds. The van der Waals surface area contributed by atoms with Gasteiger partial charge in [0.1, 0.15) is 7.05 Å². The zero-order valence-electron chi connectivity index (χ0n) is 16.1. The van der Waals surface area contributed by atoms with Gasteiger partial charge in [0.05, 0.1) is 10.9 Å². The first-order valence-corrected chi connectivity index (χ1v) is 9.59. The summed E-state index contributed by atoms with van der Waals surface area (Å²) < 4.78 is 20.5. The average Bonchev–Trinajstić information content (AvgIpc) is 3.09. The molecule has 3 heterocycles. The highest BCUT2D eigenvalue weighted by atomic mass is 16.6. The molecule has 1 aliphatic rings. The number of para-hydroxylation sites is 2. The number of ether oxygens (including phenoxy) is 2. The van der Waals surface area contributed by atoms with Gasteiger partial charge in [-0.3, -0.25) is 0 Å². The second-order valence-corrected chi connectivity index (χ2v) is 7.40. The quantitative estimate of drug-likeness (QED) is 0.315. The zero-order chi connectivity index (χ0) is 19.5. The first-order chi connectivity index (χ1) is 14.2. The normalized spacial score (nSPS) is 12.3. The van der Waals surface area contributed by atoms with Crippen molar-refractivity contribution in [2.45, 2.75) is 6.92 Å². The second kappa shape index (κ2) is 5.85. The predicted octanol–water partition coefficient (Wildman–Crippen LogP) is 6.28. The standard InChI is InChI=1S/C25H18NO3/c1-15-11-12-18-23(29-25-24(18)27-20-9-5-6-10-21(20)28-25)22(15)19-13-16-7-3-4-8-17(16)14-26(19)2/h3-14H,1-2H3/q+1. The van der Waals surface area contributed by atoms with Crippen LogP contribution in [0.5, 0.6) is 23.2 Å². The SMILES string of the molecule is Cc1ccc2c3c(oc2c1-c1cc2ccccc2c[n+]1C)Oc1ccccc1O3. The maximum absolute atomic E-state index is 6.22. The summed E-state index contributed by atoms with van der Waals surface area (Å²) in [4.78, 5) is 0. The lowest BCUT2D eigenvalue weighted by atomic mass is 10.00. The van der Waals surface area contributed by atoms with E-state index in [1.54, 1.807) is 0 Å². The van der Waals surface area contributed by atoms with E-state index in [0.29, 0.717) is 23.2 Å². The summed E-state index contributed by atoms with van der Waals surface area (Å²) in [5, 5.41) is 3.29. The Kier molecular flexibility index (Phi) is 3.27. The number of hydrogen-bond acceptors (Lipinski definition) is 3. The minimum atomic E-state index is 0.397. The molecule has 0 fully saturated rings. The van der Waals surface area contributed by atoms with Crippen molar-refractivity contribution in [2.24, 2.45) is 7.05 Å². The van der Waals surface area contributed by atoms with Gasteiger partial charge in [0.2, 0.25) is 11.4 Å². The fourth-order valence-corrected chi connectivity index (χ4v) is 4.06. The summed E-state index contributed by atoms with van der Waals surface area (Å²) in [5.41, 5.74) is 4.03. The van der Waals surface area contributed by atoms with Crippen molar-refractivity contribution in [1.82, 2.24) is 0 Å². The molecule has 4 heteroatoms. The molecule has 5 aromatic rings. The van der Waals surface area contributed by atoms with Gasteiger partial charge in [-0.15, -0.1) is 0 Å². The molecule has 0 unspecified atom stereocenters. The van der Waals surface area contributed by atoms with Crippen molar-refractivity contribution in [3.8, 4) is 34.5 Å². The van der Waals surface area contributed by atoms with Crippen molar-refractivity contribution in [1.29, 1.82) is 0 Å². The van der Waals surface area contributed by atoms with E-state index in [0.717, 1.165) is 27.8 Å². The first kappa shape index (κ1) is 16.2. The summed E-state index contributed by atoms with van der Waals surface area (Å²) in [6.07, 6.45) is 2.15. The molecule has 0 saturated carbocycles. The van der Waals surface area contributed by atoms with Gasteiger partial charge in [0.25, 0.3) is 0 Å². The maximum Gasteiger partial charge on any atom is 0.336 e. The highest BCUT2D eigenvalue weighted by Gasteiger charge is 2.29. The molecule has 1 aliphatic heterocycles. The van der Waals surface area contributed by atoms with Crippen molar-refractivity contribution in [2.75, 3.05) is 0 Å². The number of hydrogen-bond donors (Lipinski definition) is 0. The smallest absolute Gasteiger partial charge is 0.336 e. The van der Waals surface area contributed by atoms with Crippen LogP contribution in [0.1, 0.15) is 5.56 Å². The van der Waals surface area contributed by atoms with Gasteiger partial charge in [0, 0.05) is 11.5 Å². The van der Waals surface area contributed by atoms with Crippen molar-refractivity contribution >= 4 is 21.7 Å². The molecule has 0 aliphatic carbocycles. The molecular weight excluding hydrogens is 362 g/mol. The highest BCUT2D eigenvalue weighted by Crippen LogP contribution is 2.52. The summed E-state index contributed by atoms with van der Waals surface area (Å²) in [6.45, 7) is 2.10. The Bertz CT molecular complexity index is 1430. The van der Waals surface area contributed by atoms with E-state index < -0.39 is 0 Å². The lowest BCUT2D eigenvalue weighted by molar-refractivity contribution is -0.659. The zero-order valence-corrected chi connectivity index (χ0v) is 16.1. The molecule has 3 aromatic carbocycles. The van der Waals surface area contributed by atoms with Crippen molar-refractivity contribution in [3.05, 3.63) is 78.5 Å². The number of aromatic nitrogens is 1. The van der Waals surface area contributed by atoms with Crippen LogP contribution in [0.25, 0.3) is 33.0 Å². The topological polar surface area (TPSA) is 35.5 Å². The van der Waals surface area contributed by atoms with Gasteiger partial charge in [0.15, 0.2) is 23.3 Å². The molecular formula is C25H18NO3+. The molecule has 29 heavy (non-hydrogen) atoms. The van der Waals surface area contributed by atoms with Crippen LogP contribution in [0.4, 0.5) is 0 Å². The third kappa shape index (κ3) is 2.36. The summed E-state index contributed by atoms with van der Waals surface area (Å²) in [7, 11) is 2.06. The minimum Gasteiger partial charge on any atom is -0.445 e. The largest absolute Gasteiger partial charge is 0.445 e. The number of fused-ring (bicyclic) bond motifs is 5. The summed E-state index contributed by atoms with van der Waals surface area (Å²) in [5.74, 6) is 2.38. The second-order valence-electron chi connectivity index (χ2n) is 7.40. The average molecular weight is 380 g/mol. The third-order valence-corrected chi connectivity index (χ3v) is 5.51. The molecule has 0 N–H and O–H groups in total. The monoisotopic (exact) mass is 380 g/mol. The van der Waals surface area contributed by atoms with Gasteiger partial charge in [-0.1, -0.05) is 36.4 Å². The Hall–Kier alpha value is -3.79. The lowest BCUT2D eigenvalue weighted by Crippen LogP contribution is -2.30. The van der Waals surface area contributed by atoms with E-state index in [1.807, 2.05) is 30.3 Å². The predicted molar refractivity (Wildman–Crippen MR) is 112 cm³/mol. The number of nitrogens with zero attached hydrogens (tertiary/aromatic N) is 1. The van der Waals surface area contributed by atoms with Gasteiger partial charge in [-0.2, -0.15) is 0 Å². The molecule has 6 rings (SSSR count). The Balaban J connectivity index is 1.62. The van der Waals surface area contributed by atoms with Crippen LogP contribution < -0.4 is 14.0 Å². The van der Waals surface area contributed by atoms with Crippen LogP contribution in [0.15, 0.2) is 77.3 Å². The van der Waals surface area contributed by atoms with E-state index in [2.05, 4.69) is 61.1 Å². The van der Waals surface area contributed by atoms with Gasteiger partial charge in [-0.25, -0.2) is 4.57 Å². The lowest BCUT2D eigenvalue weighted by Gasteiger charge is -2.15. The molecule has 0 radical (unpaired) electrons. The van der Waals surface area contributed by atoms with E-state index in [4.69, 9.17) is 13.9 Å². The fraction of sp³-hybridized carbons (Fsp3) is 0.0800. The number of benzene rings is 3. The number of furan rings is 1. The number of aryl methyl sites for hydroxylation is 2. The molecule has 4 nitrogen and oxygen atoms in total. The first-order valence-electron chi connectivity index (χ1n) is 9.59. The Morgan fingerprint density at radius 1 is 0.793 bits per heavy atom. The van der Waals surface area contributed by atoms with Crippen molar-refractivity contribution < 1.29 is 18.5 Å².